The molecule has 0 radical (unpaired) electrons. The molecule has 3 fully saturated rings. The summed E-state index contributed by atoms with van der Waals surface area (Å²) >= 11 is 0. The van der Waals surface area contributed by atoms with Crippen molar-refractivity contribution in [3.05, 3.63) is 83.1 Å². The number of ether oxygens (including phenoxy) is 1. The molecule has 5 aromatic rings. The van der Waals surface area contributed by atoms with Crippen molar-refractivity contribution < 1.29 is 22.7 Å². The molecule has 3 saturated heterocycles. The Kier molecular flexibility index (Phi) is 9.45. The Balaban J connectivity index is 1.15. The van der Waals surface area contributed by atoms with Crippen LogP contribution in [0.4, 0.5) is 19.0 Å². The van der Waals surface area contributed by atoms with Crippen molar-refractivity contribution in [3.8, 4) is 17.3 Å². The molecule has 0 bridgehead atoms. The normalized spacial score (nSPS) is 21.5. The molecule has 54 heavy (non-hydrogen) atoms. The van der Waals surface area contributed by atoms with Gasteiger partial charge in [0.15, 0.2) is 5.82 Å². The molecule has 0 unspecified atom stereocenters. The number of anilines is 1. The number of pyridine rings is 1. The number of aromatic nitrogens is 5. The van der Waals surface area contributed by atoms with Gasteiger partial charge < -0.3 is 14.5 Å². The lowest BCUT2D eigenvalue weighted by molar-refractivity contribution is -0.124. The first-order valence-corrected chi connectivity index (χ1v) is 18.6. The Labute approximate surface area is 312 Å². The standard InChI is InChI=1S/C41H43F3N8O2/c1-5-30-33(43)12-10-26-8-6-9-31(35(26)30)37-36(44)38-32(20-45-37)39(49-40(48-38)54-23-41-15-7-16-52(41)21-27(42)19-41)50(4)29-14-17-51(22-29)34(53)13-11-28-18-24(2)46-25(3)47-28/h6,8-13,18,20,27,29H,5,7,14-17,19,21-23H2,1-4H3/t27-,29-,41+/m1/s1. The SMILES string of the molecule is CCc1c(F)ccc2cccc(-c3ncc4c(N(C)[C@@H]5CCN(C(=O)C=Cc6cc(C)nc(C)n6)C5)nc(OC[C@@]56CCCN5C[C@H](F)C6)nc4c3F)c12. The second-order valence-electron chi connectivity index (χ2n) is 14.8. The van der Waals surface area contributed by atoms with E-state index < -0.39 is 17.5 Å². The predicted octanol–water partition coefficient (Wildman–Crippen LogP) is 6.80. The van der Waals surface area contributed by atoms with E-state index in [1.165, 1.54) is 12.1 Å². The van der Waals surface area contributed by atoms with Crippen molar-refractivity contribution in [1.29, 1.82) is 0 Å². The Morgan fingerprint density at radius 2 is 1.94 bits per heavy atom. The van der Waals surface area contributed by atoms with Gasteiger partial charge in [-0.25, -0.2) is 23.1 Å². The lowest BCUT2D eigenvalue weighted by atomic mass is 9.95. The highest BCUT2D eigenvalue weighted by Crippen LogP contribution is 2.41. The van der Waals surface area contributed by atoms with Crippen LogP contribution in [0.1, 0.15) is 55.4 Å². The minimum absolute atomic E-state index is 0.0122. The van der Waals surface area contributed by atoms with E-state index in [0.29, 0.717) is 78.1 Å². The fourth-order valence-electron chi connectivity index (χ4n) is 8.69. The summed E-state index contributed by atoms with van der Waals surface area (Å²) in [6.45, 7) is 7.84. The maximum atomic E-state index is 17.0. The van der Waals surface area contributed by atoms with Gasteiger partial charge in [-0.2, -0.15) is 9.97 Å². The van der Waals surface area contributed by atoms with Crippen LogP contribution in [0.25, 0.3) is 39.0 Å². The number of likely N-dealkylation sites (tertiary alicyclic amines) is 1. The van der Waals surface area contributed by atoms with Gasteiger partial charge in [0.25, 0.3) is 0 Å². The first-order chi connectivity index (χ1) is 26.0. The predicted molar refractivity (Wildman–Crippen MR) is 202 cm³/mol. The maximum absolute atomic E-state index is 17.0. The highest BCUT2D eigenvalue weighted by atomic mass is 19.1. The molecule has 8 rings (SSSR count). The fourth-order valence-corrected chi connectivity index (χ4v) is 8.69. The smallest absolute Gasteiger partial charge is 0.319 e. The van der Waals surface area contributed by atoms with E-state index in [0.717, 1.165) is 30.5 Å². The second-order valence-corrected chi connectivity index (χ2v) is 14.8. The monoisotopic (exact) mass is 736 g/mol. The molecule has 3 aliphatic heterocycles. The second kappa shape index (κ2) is 14.2. The van der Waals surface area contributed by atoms with Gasteiger partial charge in [0.1, 0.15) is 41.4 Å². The number of carbonyl (C=O) groups excluding carboxylic acids is 1. The summed E-state index contributed by atoms with van der Waals surface area (Å²) in [5.41, 5.74) is 2.03. The number of fused-ring (bicyclic) bond motifs is 3. The summed E-state index contributed by atoms with van der Waals surface area (Å²) in [7, 11) is 1.86. The molecule has 13 heteroatoms. The van der Waals surface area contributed by atoms with E-state index in [1.807, 2.05) is 44.9 Å². The minimum Gasteiger partial charge on any atom is -0.461 e. The molecule has 280 valence electrons. The number of nitrogens with zero attached hydrogens (tertiary/aromatic N) is 8. The third kappa shape index (κ3) is 6.52. The zero-order valence-corrected chi connectivity index (χ0v) is 31.0. The Morgan fingerprint density at radius 1 is 1.09 bits per heavy atom. The summed E-state index contributed by atoms with van der Waals surface area (Å²) in [6.07, 6.45) is 7.01. The number of benzene rings is 2. The zero-order chi connectivity index (χ0) is 37.7. The molecular formula is C41H43F3N8O2. The molecule has 3 atom stereocenters. The van der Waals surface area contributed by atoms with Gasteiger partial charge in [0.2, 0.25) is 5.91 Å². The van der Waals surface area contributed by atoms with Crippen LogP contribution < -0.4 is 9.64 Å². The molecule has 10 nitrogen and oxygen atoms in total. The van der Waals surface area contributed by atoms with Crippen LogP contribution in [-0.2, 0) is 11.2 Å². The number of hydrogen-bond acceptors (Lipinski definition) is 9. The van der Waals surface area contributed by atoms with Crippen LogP contribution in [0.15, 0.2) is 48.7 Å². The molecule has 2 aromatic carbocycles. The van der Waals surface area contributed by atoms with Gasteiger partial charge in [-0.3, -0.25) is 14.7 Å². The molecule has 6 heterocycles. The first kappa shape index (κ1) is 35.8. The van der Waals surface area contributed by atoms with Gasteiger partial charge in [0, 0.05) is 62.7 Å². The lowest BCUT2D eigenvalue weighted by Crippen LogP contribution is -2.43. The third-order valence-electron chi connectivity index (χ3n) is 11.3. The van der Waals surface area contributed by atoms with Crippen LogP contribution in [0.3, 0.4) is 0 Å². The van der Waals surface area contributed by atoms with E-state index in [9.17, 15) is 9.18 Å². The van der Waals surface area contributed by atoms with Crippen molar-refractivity contribution in [2.75, 3.05) is 44.7 Å². The van der Waals surface area contributed by atoms with Gasteiger partial charge in [0.05, 0.1) is 16.6 Å². The number of alkyl halides is 1. The highest BCUT2D eigenvalue weighted by Gasteiger charge is 2.49. The Morgan fingerprint density at radius 3 is 2.76 bits per heavy atom. The van der Waals surface area contributed by atoms with E-state index >= 15 is 8.78 Å². The van der Waals surface area contributed by atoms with Crippen molar-refractivity contribution in [1.82, 2.24) is 34.7 Å². The van der Waals surface area contributed by atoms with Crippen molar-refractivity contribution in [2.24, 2.45) is 0 Å². The van der Waals surface area contributed by atoms with Gasteiger partial charge >= 0.3 is 6.01 Å². The van der Waals surface area contributed by atoms with E-state index in [-0.39, 0.29) is 41.6 Å². The zero-order valence-electron chi connectivity index (χ0n) is 31.0. The van der Waals surface area contributed by atoms with Crippen LogP contribution >= 0.6 is 0 Å². The number of halogens is 3. The summed E-state index contributed by atoms with van der Waals surface area (Å²) < 4.78 is 53.0. The lowest BCUT2D eigenvalue weighted by Gasteiger charge is -2.31. The number of amides is 1. The van der Waals surface area contributed by atoms with Crippen LogP contribution in [0, 0.1) is 25.5 Å². The summed E-state index contributed by atoms with van der Waals surface area (Å²) in [5, 5.41) is 1.75. The number of rotatable bonds is 9. The number of aryl methyl sites for hydroxylation is 3. The van der Waals surface area contributed by atoms with Gasteiger partial charge in [-0.15, -0.1) is 0 Å². The summed E-state index contributed by atoms with van der Waals surface area (Å²) in [4.78, 5) is 41.9. The Bertz CT molecular complexity index is 2280. The highest BCUT2D eigenvalue weighted by molar-refractivity contribution is 6.01. The third-order valence-corrected chi connectivity index (χ3v) is 11.3. The van der Waals surface area contributed by atoms with Gasteiger partial charge in [-0.05, 0) is 80.6 Å². The van der Waals surface area contributed by atoms with Crippen LogP contribution in [0.5, 0.6) is 6.01 Å². The summed E-state index contributed by atoms with van der Waals surface area (Å²) in [5.74, 6) is -0.141. The van der Waals surface area contributed by atoms with Crippen LogP contribution in [-0.4, -0.2) is 98.2 Å². The number of hydrogen-bond donors (Lipinski definition) is 0. The fraction of sp³-hybridized carbons (Fsp3) is 0.415. The molecule has 0 aliphatic carbocycles. The molecule has 0 spiro atoms. The average Bonchev–Trinajstić information content (AvgIpc) is 3.87. The van der Waals surface area contributed by atoms with Crippen molar-refractivity contribution in [2.45, 2.75) is 70.6 Å². The minimum atomic E-state index is -0.935. The van der Waals surface area contributed by atoms with Crippen molar-refractivity contribution >= 4 is 39.5 Å². The van der Waals surface area contributed by atoms with E-state index in [2.05, 4.69) is 24.8 Å². The quantitative estimate of drug-likeness (QED) is 0.151. The average molecular weight is 737 g/mol. The molecular weight excluding hydrogens is 693 g/mol. The number of likely N-dealkylation sites (N-methyl/N-ethyl adjacent to an activating group) is 1. The first-order valence-electron chi connectivity index (χ1n) is 18.6. The largest absolute Gasteiger partial charge is 0.461 e. The molecule has 3 aromatic heterocycles. The Hall–Kier alpha value is -5.17. The summed E-state index contributed by atoms with van der Waals surface area (Å²) in [6, 6.07) is 10.2. The van der Waals surface area contributed by atoms with Crippen molar-refractivity contribution in [3.63, 3.8) is 0 Å². The topological polar surface area (TPSA) is 100 Å². The number of carbonyl (C=O) groups is 1. The molecule has 1 amide bonds. The molecule has 0 saturated carbocycles. The van der Waals surface area contributed by atoms with E-state index in [1.54, 1.807) is 35.4 Å². The molecule has 3 aliphatic rings. The van der Waals surface area contributed by atoms with Gasteiger partial charge in [-0.1, -0.05) is 31.2 Å². The van der Waals surface area contributed by atoms with E-state index in [4.69, 9.17) is 9.72 Å². The maximum Gasteiger partial charge on any atom is 0.319 e. The molecule has 0 N–H and O–H groups in total. The van der Waals surface area contributed by atoms with Crippen LogP contribution in [0.2, 0.25) is 0 Å².